The minimum atomic E-state index is -0.258. The minimum Gasteiger partial charge on any atom is -0.497 e. The summed E-state index contributed by atoms with van der Waals surface area (Å²) in [5.41, 5.74) is 2.89. The van der Waals surface area contributed by atoms with E-state index in [1.165, 1.54) is 0 Å². The largest absolute Gasteiger partial charge is 0.497 e. The predicted molar refractivity (Wildman–Crippen MR) is 56.7 cm³/mol. The van der Waals surface area contributed by atoms with Crippen LogP contribution >= 0.6 is 0 Å². The molecule has 4 nitrogen and oxygen atoms in total. The lowest BCUT2D eigenvalue weighted by Crippen LogP contribution is -2.26. The zero-order valence-corrected chi connectivity index (χ0v) is 9.11. The second kappa shape index (κ2) is 5.36. The number of hydrogen-bond acceptors (Lipinski definition) is 3. The van der Waals surface area contributed by atoms with Gasteiger partial charge in [-0.1, -0.05) is 0 Å². The lowest BCUT2D eigenvalue weighted by Gasteiger charge is -2.08. The quantitative estimate of drug-likeness (QED) is 0.769. The fourth-order valence-corrected chi connectivity index (χ4v) is 0.973. The van der Waals surface area contributed by atoms with Crippen LogP contribution in [0.25, 0.3) is 0 Å². The summed E-state index contributed by atoms with van der Waals surface area (Å²) < 4.78 is 4.98. The van der Waals surface area contributed by atoms with Gasteiger partial charge in [0.05, 0.1) is 13.2 Å². The average molecular weight is 209 g/mol. The number of rotatable bonds is 4. The maximum absolute atomic E-state index is 11.5. The molecular formula is C11H15NO3. The van der Waals surface area contributed by atoms with Gasteiger partial charge in [0.2, 0.25) is 0 Å². The molecule has 0 aliphatic carbocycles. The summed E-state index contributed by atoms with van der Waals surface area (Å²) in [6, 6.07) is 6.81. The second-order valence-electron chi connectivity index (χ2n) is 3.33. The Labute approximate surface area is 89.1 Å². The third-order valence-corrected chi connectivity index (χ3v) is 1.74. The molecular weight excluding hydrogens is 194 g/mol. The SMILES string of the molecule is COc1ccc(C(=O)NOC(C)C)cc1. The van der Waals surface area contributed by atoms with Crippen molar-refractivity contribution in [2.45, 2.75) is 20.0 Å². The van der Waals surface area contributed by atoms with Crippen molar-refractivity contribution < 1.29 is 14.4 Å². The van der Waals surface area contributed by atoms with Crippen LogP contribution in [0.2, 0.25) is 0 Å². The lowest BCUT2D eigenvalue weighted by molar-refractivity contribution is 0.000187. The van der Waals surface area contributed by atoms with E-state index in [0.29, 0.717) is 5.56 Å². The van der Waals surface area contributed by atoms with Crippen LogP contribution in [0.1, 0.15) is 24.2 Å². The van der Waals surface area contributed by atoms with Gasteiger partial charge in [-0.3, -0.25) is 9.63 Å². The number of nitrogens with one attached hydrogen (secondary N) is 1. The van der Waals surface area contributed by atoms with Crippen molar-refractivity contribution in [3.8, 4) is 5.75 Å². The fraction of sp³-hybridized carbons (Fsp3) is 0.364. The Morgan fingerprint density at radius 3 is 2.33 bits per heavy atom. The van der Waals surface area contributed by atoms with Crippen molar-refractivity contribution in [2.24, 2.45) is 0 Å². The topological polar surface area (TPSA) is 47.6 Å². The molecule has 0 bridgehead atoms. The Morgan fingerprint density at radius 2 is 1.87 bits per heavy atom. The molecule has 0 unspecified atom stereocenters. The number of ether oxygens (including phenoxy) is 1. The summed E-state index contributed by atoms with van der Waals surface area (Å²) >= 11 is 0. The van der Waals surface area contributed by atoms with Gasteiger partial charge in [0, 0.05) is 5.56 Å². The van der Waals surface area contributed by atoms with Gasteiger partial charge in [0.1, 0.15) is 5.75 Å². The van der Waals surface area contributed by atoms with Crippen molar-refractivity contribution in [1.82, 2.24) is 5.48 Å². The van der Waals surface area contributed by atoms with Crippen LogP contribution in [-0.2, 0) is 4.84 Å². The molecule has 0 radical (unpaired) electrons. The Kier molecular flexibility index (Phi) is 4.12. The van der Waals surface area contributed by atoms with Gasteiger partial charge >= 0.3 is 0 Å². The number of methoxy groups -OCH3 is 1. The molecule has 0 aliphatic heterocycles. The molecule has 0 spiro atoms. The summed E-state index contributed by atoms with van der Waals surface area (Å²) in [7, 11) is 1.58. The molecule has 82 valence electrons. The Hall–Kier alpha value is -1.55. The molecule has 0 saturated heterocycles. The molecule has 1 amide bonds. The zero-order valence-electron chi connectivity index (χ0n) is 9.11. The molecule has 1 rings (SSSR count). The molecule has 0 heterocycles. The first-order valence-corrected chi connectivity index (χ1v) is 4.73. The highest BCUT2D eigenvalue weighted by Gasteiger charge is 2.05. The van der Waals surface area contributed by atoms with Crippen LogP contribution in [0.5, 0.6) is 5.75 Å². The van der Waals surface area contributed by atoms with Crippen molar-refractivity contribution >= 4 is 5.91 Å². The first-order valence-electron chi connectivity index (χ1n) is 4.73. The monoisotopic (exact) mass is 209 g/mol. The van der Waals surface area contributed by atoms with E-state index < -0.39 is 0 Å². The maximum atomic E-state index is 11.5. The van der Waals surface area contributed by atoms with Gasteiger partial charge < -0.3 is 4.74 Å². The van der Waals surface area contributed by atoms with Crippen molar-refractivity contribution in [3.63, 3.8) is 0 Å². The highest BCUT2D eigenvalue weighted by Crippen LogP contribution is 2.10. The van der Waals surface area contributed by atoms with E-state index in [9.17, 15) is 4.79 Å². The van der Waals surface area contributed by atoms with Crippen LogP contribution < -0.4 is 10.2 Å². The molecule has 1 aromatic carbocycles. The number of hydrogen-bond donors (Lipinski definition) is 1. The molecule has 15 heavy (non-hydrogen) atoms. The first-order chi connectivity index (χ1) is 7.13. The van der Waals surface area contributed by atoms with Crippen molar-refractivity contribution in [1.29, 1.82) is 0 Å². The standard InChI is InChI=1S/C11H15NO3/c1-8(2)15-12-11(13)9-4-6-10(14-3)7-5-9/h4-8H,1-3H3,(H,12,13). The number of carbonyl (C=O) groups is 1. The third-order valence-electron chi connectivity index (χ3n) is 1.74. The summed E-state index contributed by atoms with van der Waals surface area (Å²) in [5, 5.41) is 0. The number of benzene rings is 1. The van der Waals surface area contributed by atoms with Gasteiger partial charge in [0.15, 0.2) is 0 Å². The van der Waals surface area contributed by atoms with E-state index in [4.69, 9.17) is 9.57 Å². The van der Waals surface area contributed by atoms with E-state index in [2.05, 4.69) is 5.48 Å². The number of carbonyl (C=O) groups excluding carboxylic acids is 1. The predicted octanol–water partition coefficient (Wildman–Crippen LogP) is 1.76. The Bertz CT molecular complexity index is 319. The second-order valence-corrected chi connectivity index (χ2v) is 3.33. The van der Waals surface area contributed by atoms with E-state index in [1.54, 1.807) is 31.4 Å². The molecule has 0 fully saturated rings. The maximum Gasteiger partial charge on any atom is 0.274 e. The molecule has 1 aromatic rings. The molecule has 0 aliphatic rings. The molecule has 4 heteroatoms. The van der Waals surface area contributed by atoms with E-state index in [-0.39, 0.29) is 12.0 Å². The molecule has 0 saturated carbocycles. The zero-order chi connectivity index (χ0) is 11.3. The van der Waals surface area contributed by atoms with Crippen molar-refractivity contribution in [2.75, 3.05) is 7.11 Å². The molecule has 0 atom stereocenters. The van der Waals surface area contributed by atoms with Crippen LogP contribution in [0.4, 0.5) is 0 Å². The normalized spacial score (nSPS) is 10.1. The van der Waals surface area contributed by atoms with Crippen LogP contribution in [0.15, 0.2) is 24.3 Å². The smallest absolute Gasteiger partial charge is 0.274 e. The Morgan fingerprint density at radius 1 is 1.27 bits per heavy atom. The highest BCUT2D eigenvalue weighted by atomic mass is 16.7. The summed E-state index contributed by atoms with van der Waals surface area (Å²) in [6.07, 6.45) is -0.0350. The van der Waals surface area contributed by atoms with Gasteiger partial charge in [0.25, 0.3) is 5.91 Å². The number of hydroxylamine groups is 1. The Balaban J connectivity index is 2.58. The van der Waals surface area contributed by atoms with Crippen LogP contribution in [0.3, 0.4) is 0 Å². The van der Waals surface area contributed by atoms with Gasteiger partial charge in [-0.25, -0.2) is 5.48 Å². The van der Waals surface area contributed by atoms with E-state index in [0.717, 1.165) is 5.75 Å². The average Bonchev–Trinajstić information content (AvgIpc) is 2.26. The summed E-state index contributed by atoms with van der Waals surface area (Å²) in [6.45, 7) is 3.68. The van der Waals surface area contributed by atoms with Gasteiger partial charge in [-0.05, 0) is 38.1 Å². The van der Waals surface area contributed by atoms with Crippen molar-refractivity contribution in [3.05, 3.63) is 29.8 Å². The van der Waals surface area contributed by atoms with Crippen LogP contribution in [0, 0.1) is 0 Å². The molecule has 1 N–H and O–H groups in total. The summed E-state index contributed by atoms with van der Waals surface area (Å²) in [5.74, 6) is 0.461. The highest BCUT2D eigenvalue weighted by molar-refractivity contribution is 5.93. The lowest BCUT2D eigenvalue weighted by atomic mass is 10.2. The fourth-order valence-electron chi connectivity index (χ4n) is 0.973. The first kappa shape index (κ1) is 11.5. The minimum absolute atomic E-state index is 0.0350. The van der Waals surface area contributed by atoms with Gasteiger partial charge in [-0.15, -0.1) is 0 Å². The van der Waals surface area contributed by atoms with E-state index >= 15 is 0 Å². The number of amides is 1. The van der Waals surface area contributed by atoms with Gasteiger partial charge in [-0.2, -0.15) is 0 Å². The van der Waals surface area contributed by atoms with Crippen LogP contribution in [-0.4, -0.2) is 19.1 Å². The summed E-state index contributed by atoms with van der Waals surface area (Å²) in [4.78, 5) is 16.5. The van der Waals surface area contributed by atoms with E-state index in [1.807, 2.05) is 13.8 Å². The third kappa shape index (κ3) is 3.59. The molecule has 0 aromatic heterocycles.